The van der Waals surface area contributed by atoms with Gasteiger partial charge in [0.05, 0.1) is 12.2 Å². The lowest BCUT2D eigenvalue weighted by molar-refractivity contribution is 0.00301. The van der Waals surface area contributed by atoms with Crippen LogP contribution in [0.15, 0.2) is 29.6 Å². The first-order valence-electron chi connectivity index (χ1n) is 9.13. The summed E-state index contributed by atoms with van der Waals surface area (Å²) in [5, 5.41) is 5.67. The monoisotopic (exact) mass is 374 g/mol. The molecule has 140 valence electrons. The Morgan fingerprint density at radius 2 is 2.15 bits per heavy atom. The standard InChI is InChI=1S/C20H26N2O3S/c1-13(2)25-17-6-4-16(5-7-17)20-22-18(12-26-20)19(23)21-11-15-8-9-24-14(3)10-15/h4-7,12-15H,8-11H2,1-3H3,(H,21,23)/t14-,15+/m1/s1. The number of rotatable bonds is 6. The van der Waals surface area contributed by atoms with Gasteiger partial charge < -0.3 is 14.8 Å². The number of nitrogens with zero attached hydrogens (tertiary/aromatic N) is 1. The molecule has 2 aromatic rings. The van der Waals surface area contributed by atoms with E-state index in [4.69, 9.17) is 9.47 Å². The maximum atomic E-state index is 12.4. The van der Waals surface area contributed by atoms with Crippen LogP contribution in [-0.2, 0) is 4.74 Å². The van der Waals surface area contributed by atoms with E-state index in [0.717, 1.165) is 35.8 Å². The summed E-state index contributed by atoms with van der Waals surface area (Å²) in [5.74, 6) is 1.21. The number of amides is 1. The second-order valence-corrected chi connectivity index (χ2v) is 7.87. The summed E-state index contributed by atoms with van der Waals surface area (Å²) in [6.07, 6.45) is 2.42. The van der Waals surface area contributed by atoms with Crippen LogP contribution in [0, 0.1) is 5.92 Å². The van der Waals surface area contributed by atoms with Crippen molar-refractivity contribution in [1.82, 2.24) is 10.3 Å². The molecule has 1 amide bonds. The Morgan fingerprint density at radius 1 is 1.38 bits per heavy atom. The highest BCUT2D eigenvalue weighted by Gasteiger charge is 2.20. The van der Waals surface area contributed by atoms with Gasteiger partial charge in [-0.2, -0.15) is 0 Å². The second-order valence-electron chi connectivity index (χ2n) is 7.01. The van der Waals surface area contributed by atoms with Gasteiger partial charge in [0.2, 0.25) is 0 Å². The van der Waals surface area contributed by atoms with E-state index in [-0.39, 0.29) is 18.1 Å². The molecule has 3 rings (SSSR count). The second kappa shape index (κ2) is 8.64. The van der Waals surface area contributed by atoms with Crippen LogP contribution in [0.1, 0.15) is 44.1 Å². The van der Waals surface area contributed by atoms with Crippen LogP contribution in [0.5, 0.6) is 5.75 Å². The first kappa shape index (κ1) is 18.9. The molecular formula is C20H26N2O3S. The summed E-state index contributed by atoms with van der Waals surface area (Å²) in [4.78, 5) is 16.9. The van der Waals surface area contributed by atoms with E-state index >= 15 is 0 Å². The Kier molecular flexibility index (Phi) is 6.27. The molecule has 0 radical (unpaired) electrons. The van der Waals surface area contributed by atoms with E-state index in [2.05, 4.69) is 17.2 Å². The molecule has 1 aromatic heterocycles. The molecule has 0 unspecified atom stereocenters. The molecule has 1 N–H and O–H groups in total. The lowest BCUT2D eigenvalue weighted by Crippen LogP contribution is -2.34. The summed E-state index contributed by atoms with van der Waals surface area (Å²) in [5.41, 5.74) is 1.47. The molecule has 0 bridgehead atoms. The molecular weight excluding hydrogens is 348 g/mol. The van der Waals surface area contributed by atoms with Crippen molar-refractivity contribution in [3.63, 3.8) is 0 Å². The maximum absolute atomic E-state index is 12.4. The molecule has 5 nitrogen and oxygen atoms in total. The summed E-state index contributed by atoms with van der Waals surface area (Å²) in [7, 11) is 0. The Morgan fingerprint density at radius 3 is 2.85 bits per heavy atom. The highest BCUT2D eigenvalue weighted by molar-refractivity contribution is 7.13. The molecule has 0 aliphatic carbocycles. The minimum atomic E-state index is -0.105. The fraction of sp³-hybridized carbons (Fsp3) is 0.500. The van der Waals surface area contributed by atoms with Crippen LogP contribution in [0.25, 0.3) is 10.6 Å². The number of nitrogens with one attached hydrogen (secondary N) is 1. The summed E-state index contributed by atoms with van der Waals surface area (Å²) >= 11 is 1.48. The minimum absolute atomic E-state index is 0.105. The van der Waals surface area contributed by atoms with Crippen molar-refractivity contribution in [2.45, 2.75) is 45.8 Å². The average Bonchev–Trinajstić information content (AvgIpc) is 3.10. The van der Waals surface area contributed by atoms with E-state index in [1.807, 2.05) is 43.5 Å². The van der Waals surface area contributed by atoms with Crippen molar-refractivity contribution in [1.29, 1.82) is 0 Å². The Hall–Kier alpha value is -1.92. The maximum Gasteiger partial charge on any atom is 0.270 e. The Labute approximate surface area is 158 Å². The molecule has 0 spiro atoms. The van der Waals surface area contributed by atoms with E-state index in [0.29, 0.717) is 18.2 Å². The SMILES string of the molecule is CC(C)Oc1ccc(-c2nc(C(=O)NC[C@H]3CCO[C@H](C)C3)cs2)cc1. The lowest BCUT2D eigenvalue weighted by atomic mass is 9.96. The van der Waals surface area contributed by atoms with Crippen molar-refractivity contribution in [3.05, 3.63) is 35.3 Å². The predicted molar refractivity (Wildman–Crippen MR) is 104 cm³/mol. The topological polar surface area (TPSA) is 60.5 Å². The van der Waals surface area contributed by atoms with Crippen LogP contribution in [0.2, 0.25) is 0 Å². The average molecular weight is 375 g/mol. The molecule has 1 aromatic carbocycles. The number of benzene rings is 1. The molecule has 1 aliphatic heterocycles. The van der Waals surface area contributed by atoms with Crippen LogP contribution in [0.4, 0.5) is 0 Å². The van der Waals surface area contributed by atoms with Gasteiger partial charge in [0.1, 0.15) is 16.5 Å². The van der Waals surface area contributed by atoms with Gasteiger partial charge in [0.15, 0.2) is 0 Å². The summed E-state index contributed by atoms with van der Waals surface area (Å²) in [6, 6.07) is 7.81. The highest BCUT2D eigenvalue weighted by atomic mass is 32.1. The number of thiazole rings is 1. The van der Waals surface area contributed by atoms with Gasteiger partial charge in [0.25, 0.3) is 5.91 Å². The van der Waals surface area contributed by atoms with Crippen LogP contribution >= 0.6 is 11.3 Å². The van der Waals surface area contributed by atoms with Crippen molar-refractivity contribution in [3.8, 4) is 16.3 Å². The third kappa shape index (κ3) is 5.05. The Bertz CT molecular complexity index is 727. The van der Waals surface area contributed by atoms with Crippen molar-refractivity contribution < 1.29 is 14.3 Å². The van der Waals surface area contributed by atoms with E-state index < -0.39 is 0 Å². The van der Waals surface area contributed by atoms with Crippen LogP contribution in [0.3, 0.4) is 0 Å². The fourth-order valence-corrected chi connectivity index (χ4v) is 3.87. The molecule has 2 heterocycles. The van der Waals surface area contributed by atoms with E-state index in [9.17, 15) is 4.79 Å². The molecule has 1 aliphatic rings. The number of ether oxygens (including phenoxy) is 2. The smallest absolute Gasteiger partial charge is 0.270 e. The van der Waals surface area contributed by atoms with Crippen molar-refractivity contribution >= 4 is 17.2 Å². The molecule has 0 saturated carbocycles. The number of aromatic nitrogens is 1. The number of hydrogen-bond acceptors (Lipinski definition) is 5. The number of carbonyl (C=O) groups is 1. The van der Waals surface area contributed by atoms with Crippen molar-refractivity contribution in [2.24, 2.45) is 5.92 Å². The van der Waals surface area contributed by atoms with Gasteiger partial charge in [-0.1, -0.05) is 0 Å². The fourth-order valence-electron chi connectivity index (χ4n) is 3.06. The molecule has 2 atom stereocenters. The predicted octanol–water partition coefficient (Wildman–Crippen LogP) is 4.14. The minimum Gasteiger partial charge on any atom is -0.491 e. The normalized spacial score (nSPS) is 20.2. The molecule has 1 saturated heterocycles. The van der Waals surface area contributed by atoms with Gasteiger partial charge >= 0.3 is 0 Å². The van der Waals surface area contributed by atoms with Gasteiger partial charge in [-0.3, -0.25) is 4.79 Å². The largest absolute Gasteiger partial charge is 0.491 e. The molecule has 1 fully saturated rings. The van der Waals surface area contributed by atoms with Gasteiger partial charge in [-0.05, 0) is 63.8 Å². The zero-order chi connectivity index (χ0) is 18.5. The quantitative estimate of drug-likeness (QED) is 0.825. The van der Waals surface area contributed by atoms with Crippen molar-refractivity contribution in [2.75, 3.05) is 13.2 Å². The first-order valence-corrected chi connectivity index (χ1v) is 10.0. The zero-order valence-corrected chi connectivity index (χ0v) is 16.3. The lowest BCUT2D eigenvalue weighted by Gasteiger charge is -2.27. The van der Waals surface area contributed by atoms with Gasteiger partial charge in [0, 0.05) is 24.1 Å². The molecule has 6 heteroatoms. The molecule has 26 heavy (non-hydrogen) atoms. The third-order valence-electron chi connectivity index (χ3n) is 4.35. The van der Waals surface area contributed by atoms with E-state index in [1.54, 1.807) is 0 Å². The van der Waals surface area contributed by atoms with Gasteiger partial charge in [-0.25, -0.2) is 4.98 Å². The van der Waals surface area contributed by atoms with Gasteiger partial charge in [-0.15, -0.1) is 11.3 Å². The van der Waals surface area contributed by atoms with Crippen LogP contribution < -0.4 is 10.1 Å². The number of carbonyl (C=O) groups excluding carboxylic acids is 1. The third-order valence-corrected chi connectivity index (χ3v) is 5.25. The first-order chi connectivity index (χ1) is 12.5. The Balaban J connectivity index is 1.57. The van der Waals surface area contributed by atoms with E-state index in [1.165, 1.54) is 11.3 Å². The number of hydrogen-bond donors (Lipinski definition) is 1. The van der Waals surface area contributed by atoms with Crippen LogP contribution in [-0.4, -0.2) is 36.3 Å². The highest BCUT2D eigenvalue weighted by Crippen LogP contribution is 2.26. The zero-order valence-electron chi connectivity index (χ0n) is 15.5. The summed E-state index contributed by atoms with van der Waals surface area (Å²) in [6.45, 7) is 7.54. The summed E-state index contributed by atoms with van der Waals surface area (Å²) < 4.78 is 11.2.